The first-order chi connectivity index (χ1) is 52.2. The van der Waals surface area contributed by atoms with E-state index in [0.717, 1.165) is 21.8 Å². The third-order valence-electron chi connectivity index (χ3n) is 24.0. The Morgan fingerprint density at radius 3 is 1.89 bits per heavy atom. The van der Waals surface area contributed by atoms with Gasteiger partial charge in [-0.05, 0) is 145 Å². The molecule has 2 aromatic rings. The molecule has 30 heteroatoms. The number of carbonyl (C=O) groups excluding carboxylic acids is 12. The van der Waals surface area contributed by atoms with Crippen molar-refractivity contribution in [1.82, 2.24) is 59.6 Å². The zero-order valence-corrected chi connectivity index (χ0v) is 65.7. The number of amides is 12. The first-order valence-electron chi connectivity index (χ1n) is 39.4. The number of nitrogens with zero attached hydrogens (tertiary/aromatic N) is 10. The fourth-order valence-electron chi connectivity index (χ4n) is 16.8. The highest BCUT2D eigenvalue weighted by Crippen LogP contribution is 2.43. The molecule has 25 nitrogen and oxygen atoms in total. The van der Waals surface area contributed by atoms with Crippen LogP contribution in [0.3, 0.4) is 0 Å². The highest BCUT2D eigenvalue weighted by Gasteiger charge is 2.57. The fourth-order valence-corrected chi connectivity index (χ4v) is 16.8. The molecule has 3 saturated heterocycles. The van der Waals surface area contributed by atoms with Crippen molar-refractivity contribution in [3.63, 3.8) is 0 Å². The molecule has 6 fully saturated rings. The number of hydrogen-bond donors (Lipinski definition) is 2. The summed E-state index contributed by atoms with van der Waals surface area (Å²) < 4.78 is 78.4. The number of alkyl halides is 3. The molecule has 0 aromatic heterocycles. The number of carbonyl (C=O) groups is 12. The molecule has 3 aliphatic carbocycles. The summed E-state index contributed by atoms with van der Waals surface area (Å²) in [5, 5.41) is 5.65. The first kappa shape index (κ1) is 85.4. The van der Waals surface area contributed by atoms with Gasteiger partial charge < -0.3 is 64.4 Å². The SMILES string of the molecule is CCC[C@H]1C(=O)N[C@@H]([C@@H](C)CC)C(=O)N(C2CC2)CC(=O)N(C)[C@@H]2C/C=C\CCN(C2=O)[C@@H](Cc2ccc(C)cc2)C(=O)N(C)CC(=O)N[C@@H](CCc2cc(F)c(C(F)(F)F)c(F)c2)C(=O)N2C[C@H](OCC)C[C@H]2C(=O)N(C)C2(CCC2)C(=O)N(C)[C@@H](C2CCCC2)C(=O)N(C)[C@H](C(=O)N2CCCCC2)CC(=O)N1C. The summed E-state index contributed by atoms with van der Waals surface area (Å²) in [6.45, 7) is 8.21. The van der Waals surface area contributed by atoms with Crippen LogP contribution in [-0.2, 0) is 81.3 Å². The molecule has 2 N–H and O–H groups in total. The van der Waals surface area contributed by atoms with E-state index in [0.29, 0.717) is 101 Å². The van der Waals surface area contributed by atoms with Gasteiger partial charge in [-0.3, -0.25) is 57.5 Å². The van der Waals surface area contributed by atoms with Crippen LogP contribution in [-0.4, -0.2) is 274 Å². The molecular formula is C80H113F5N12O13. The Kier molecular flexibility index (Phi) is 28.9. The maximum atomic E-state index is 15.9. The minimum Gasteiger partial charge on any atom is -0.377 e. The molecule has 10 atom stereocenters. The average Bonchev–Trinajstić information content (AvgIpc) is 1.29. The van der Waals surface area contributed by atoms with Gasteiger partial charge in [0, 0.05) is 94.0 Å². The predicted octanol–water partition coefficient (Wildman–Crippen LogP) is 6.58. The van der Waals surface area contributed by atoms with Crippen molar-refractivity contribution in [3.05, 3.63) is 82.4 Å². The maximum absolute atomic E-state index is 15.9. The standard InChI is InChI=1S/C80H113F5N12O13/c1-12-24-59-70(101)87-68(50(5)13-2)76(107)96(54-33-34-54)48-66(100)90(8)60-27-17-15-22-40-95(75(60)106)62(43-51-30-28-49(4)29-31-51)72(103)88(6)47-64(98)86-58(35-32-52-41-56(81)67(57(82)42-52)80(83,84)85)71(102)97-46-55(110-14-3)44-63(97)73(104)93(11)79(36-23-37-79)78(109)92(10)69(53-25-18-19-26-53)77(108)91(9)61(45-65(99)89(59)7)74(105)94-38-20-16-21-39-94/h15,17,28-31,41-42,50,53-55,58-63,68-69H,12-14,16,18-27,32-40,43-48H2,1-11H3,(H,86,98)(H,87,101)/b17-15-/t50-,55+,58-,59-,60+,61-,62-,63-,68-,69-/m0/s1. The van der Waals surface area contributed by atoms with E-state index >= 15 is 61.5 Å². The molecule has 4 aliphatic heterocycles. The predicted molar refractivity (Wildman–Crippen MR) is 397 cm³/mol. The van der Waals surface area contributed by atoms with Crippen molar-refractivity contribution >= 4 is 70.9 Å². The van der Waals surface area contributed by atoms with Crippen molar-refractivity contribution in [3.8, 4) is 0 Å². The number of fused-ring (bicyclic) bond motifs is 3. The summed E-state index contributed by atoms with van der Waals surface area (Å²) in [5.41, 5.74) is -2.58. The highest BCUT2D eigenvalue weighted by atomic mass is 19.4. The second kappa shape index (κ2) is 37.2. The molecule has 4 heterocycles. The third kappa shape index (κ3) is 19.5. The molecule has 0 unspecified atom stereocenters. The number of benzene rings is 2. The lowest BCUT2D eigenvalue weighted by molar-refractivity contribution is -0.166. The number of likely N-dealkylation sites (tertiary alicyclic amines) is 1. The van der Waals surface area contributed by atoms with Crippen molar-refractivity contribution in [2.75, 3.05) is 88.2 Å². The Balaban J connectivity index is 1.14. The van der Waals surface area contributed by atoms with Crippen molar-refractivity contribution < 1.29 is 84.2 Å². The van der Waals surface area contributed by atoms with Gasteiger partial charge in [0.25, 0.3) is 0 Å². The van der Waals surface area contributed by atoms with Crippen LogP contribution in [0.15, 0.2) is 48.6 Å². The van der Waals surface area contributed by atoms with E-state index in [1.54, 1.807) is 37.0 Å². The van der Waals surface area contributed by atoms with Gasteiger partial charge in [0.2, 0.25) is 70.9 Å². The lowest BCUT2D eigenvalue weighted by Gasteiger charge is -2.51. The zero-order chi connectivity index (χ0) is 80.4. The summed E-state index contributed by atoms with van der Waals surface area (Å²) in [6.07, 6.45) is 2.95. The van der Waals surface area contributed by atoms with Crippen molar-refractivity contribution in [1.29, 1.82) is 0 Å². The number of likely N-dealkylation sites (N-methyl/N-ethyl adjacent to an activating group) is 6. The topological polar surface area (TPSA) is 271 Å². The Morgan fingerprint density at radius 1 is 0.645 bits per heavy atom. The molecule has 3 saturated carbocycles. The number of piperidine rings is 1. The molecule has 9 rings (SSSR count). The first-order valence-corrected chi connectivity index (χ1v) is 39.4. The lowest BCUT2D eigenvalue weighted by Crippen LogP contribution is -2.68. The van der Waals surface area contributed by atoms with Crippen molar-refractivity contribution in [2.24, 2.45) is 11.8 Å². The number of rotatable bonds is 14. The number of halogens is 5. The number of nitrogens with one attached hydrogen (secondary N) is 2. The summed E-state index contributed by atoms with van der Waals surface area (Å²) >= 11 is 0. The average molecular weight is 1550 g/mol. The Hall–Kier alpha value is -8.57. The highest BCUT2D eigenvalue weighted by molar-refractivity contribution is 6.01. The molecule has 12 amide bonds. The van der Waals surface area contributed by atoms with Crippen LogP contribution in [0.5, 0.6) is 0 Å². The van der Waals surface area contributed by atoms with Crippen LogP contribution in [0, 0.1) is 30.4 Å². The van der Waals surface area contributed by atoms with Crippen LogP contribution in [0.1, 0.15) is 178 Å². The maximum Gasteiger partial charge on any atom is 0.422 e. The minimum atomic E-state index is -5.41. The summed E-state index contributed by atoms with van der Waals surface area (Å²) in [4.78, 5) is 198. The number of hydrogen-bond acceptors (Lipinski definition) is 13. The fraction of sp³-hybridized carbons (Fsp3) is 0.675. The van der Waals surface area contributed by atoms with E-state index in [4.69, 9.17) is 4.74 Å². The largest absolute Gasteiger partial charge is 0.422 e. The lowest BCUT2D eigenvalue weighted by atomic mass is 9.73. The normalized spacial score (nSPS) is 27.3. The van der Waals surface area contributed by atoms with E-state index < -0.39 is 204 Å². The second-order valence-corrected chi connectivity index (χ2v) is 31.5. The Labute approximate surface area is 642 Å². The molecule has 7 aliphatic rings. The summed E-state index contributed by atoms with van der Waals surface area (Å²) in [6, 6.07) is -3.10. The van der Waals surface area contributed by atoms with Crippen molar-refractivity contribution in [2.45, 2.75) is 248 Å². The molecule has 2 aromatic carbocycles. The number of aryl methyl sites for hydroxylation is 2. The Bertz CT molecular complexity index is 3710. The van der Waals surface area contributed by atoms with Crippen LogP contribution in [0.2, 0.25) is 0 Å². The van der Waals surface area contributed by atoms with Gasteiger partial charge in [-0.25, -0.2) is 8.78 Å². The van der Waals surface area contributed by atoms with Crippen LogP contribution in [0.25, 0.3) is 0 Å². The Morgan fingerprint density at radius 2 is 1.30 bits per heavy atom. The van der Waals surface area contributed by atoms with Crippen LogP contribution >= 0.6 is 0 Å². The monoisotopic (exact) mass is 1540 g/mol. The third-order valence-corrected chi connectivity index (χ3v) is 24.0. The summed E-state index contributed by atoms with van der Waals surface area (Å²) in [5.74, 6) is -13.2. The van der Waals surface area contributed by atoms with Gasteiger partial charge in [-0.2, -0.15) is 13.2 Å². The van der Waals surface area contributed by atoms with Gasteiger partial charge >= 0.3 is 6.18 Å². The van der Waals surface area contributed by atoms with E-state index in [9.17, 15) is 18.0 Å². The van der Waals surface area contributed by atoms with Crippen LogP contribution in [0.4, 0.5) is 22.0 Å². The van der Waals surface area contributed by atoms with Gasteiger partial charge in [-0.15, -0.1) is 0 Å². The van der Waals surface area contributed by atoms with E-state index in [-0.39, 0.29) is 70.2 Å². The van der Waals surface area contributed by atoms with Gasteiger partial charge in [0.1, 0.15) is 77.6 Å². The van der Waals surface area contributed by atoms with E-state index in [1.165, 1.54) is 76.6 Å². The molecular weight excluding hydrogens is 1430 g/mol. The molecule has 0 radical (unpaired) electrons. The molecule has 2 bridgehead atoms. The van der Waals surface area contributed by atoms with E-state index in [2.05, 4.69) is 10.6 Å². The van der Waals surface area contributed by atoms with Gasteiger partial charge in [-0.1, -0.05) is 88.4 Å². The van der Waals surface area contributed by atoms with Gasteiger partial charge in [0.05, 0.1) is 19.1 Å². The zero-order valence-electron chi connectivity index (χ0n) is 65.7. The smallest absolute Gasteiger partial charge is 0.377 e. The molecule has 1 spiro atoms. The van der Waals surface area contributed by atoms with Gasteiger partial charge in [0.15, 0.2) is 0 Å². The molecule has 110 heavy (non-hydrogen) atoms. The minimum absolute atomic E-state index is 0.0153. The quantitative estimate of drug-likeness (QED) is 0.150. The molecule has 606 valence electrons. The van der Waals surface area contributed by atoms with Crippen LogP contribution < -0.4 is 10.6 Å². The number of ether oxygens (including phenoxy) is 1. The summed E-state index contributed by atoms with van der Waals surface area (Å²) in [7, 11) is 8.50. The second-order valence-electron chi connectivity index (χ2n) is 31.5. The van der Waals surface area contributed by atoms with E-state index in [1.807, 2.05) is 39.0 Å².